The molecule has 0 aliphatic rings. The Bertz CT molecular complexity index is 500. The lowest BCUT2D eigenvalue weighted by atomic mass is 10.2. The van der Waals surface area contributed by atoms with Crippen molar-refractivity contribution in [3.8, 4) is 0 Å². The zero-order valence-electron chi connectivity index (χ0n) is 12.4. The van der Waals surface area contributed by atoms with Crippen molar-refractivity contribution in [3.05, 3.63) is 28.5 Å². The van der Waals surface area contributed by atoms with E-state index in [2.05, 4.69) is 31.5 Å². The third-order valence-corrected chi connectivity index (χ3v) is 2.67. The Balaban J connectivity index is 2.21. The molecule has 0 spiro atoms. The van der Waals surface area contributed by atoms with Gasteiger partial charge in [0.05, 0.1) is 12.1 Å². The number of rotatable bonds is 5. The van der Waals surface area contributed by atoms with Crippen LogP contribution in [0.5, 0.6) is 0 Å². The van der Waals surface area contributed by atoms with Gasteiger partial charge in [-0.3, -0.25) is 4.79 Å². The van der Waals surface area contributed by atoms with E-state index in [0.29, 0.717) is 23.4 Å². The van der Waals surface area contributed by atoms with Crippen molar-refractivity contribution in [2.75, 3.05) is 13.1 Å². The molecule has 21 heavy (non-hydrogen) atoms. The Kier molecular flexibility index (Phi) is 6.61. The average molecular weight is 358 g/mol. The van der Waals surface area contributed by atoms with Gasteiger partial charge < -0.3 is 15.4 Å². The highest BCUT2D eigenvalue weighted by Gasteiger charge is 2.15. The first-order valence-electron chi connectivity index (χ1n) is 6.61. The monoisotopic (exact) mass is 357 g/mol. The van der Waals surface area contributed by atoms with E-state index >= 15 is 0 Å². The van der Waals surface area contributed by atoms with E-state index in [-0.39, 0.29) is 12.3 Å². The van der Waals surface area contributed by atoms with E-state index in [1.165, 1.54) is 0 Å². The van der Waals surface area contributed by atoms with Crippen molar-refractivity contribution >= 4 is 27.9 Å². The largest absolute Gasteiger partial charge is 0.444 e. The Morgan fingerprint density at radius 2 is 1.90 bits per heavy atom. The van der Waals surface area contributed by atoms with Crippen LogP contribution in [0.4, 0.5) is 4.79 Å². The molecule has 116 valence electrons. The van der Waals surface area contributed by atoms with Gasteiger partial charge in [0.15, 0.2) is 0 Å². The van der Waals surface area contributed by atoms with Crippen LogP contribution in [0, 0.1) is 0 Å². The van der Waals surface area contributed by atoms with Crippen LogP contribution in [0.1, 0.15) is 26.5 Å². The lowest BCUT2D eigenvalue weighted by molar-refractivity contribution is -0.120. The van der Waals surface area contributed by atoms with Gasteiger partial charge in [-0.1, -0.05) is 6.07 Å². The van der Waals surface area contributed by atoms with Crippen LogP contribution in [0.25, 0.3) is 0 Å². The molecule has 2 N–H and O–H groups in total. The van der Waals surface area contributed by atoms with Gasteiger partial charge in [-0.05, 0) is 48.8 Å². The number of hydrogen-bond acceptors (Lipinski definition) is 4. The number of carbonyl (C=O) groups excluding carboxylic acids is 2. The SMILES string of the molecule is CC(C)(C)OC(=O)NCCNC(=O)Cc1cccc(Br)n1. The minimum absolute atomic E-state index is 0.147. The molecule has 1 aromatic rings. The van der Waals surface area contributed by atoms with Crippen molar-refractivity contribution in [1.29, 1.82) is 0 Å². The molecule has 1 rings (SSSR count). The fraction of sp³-hybridized carbons (Fsp3) is 0.500. The summed E-state index contributed by atoms with van der Waals surface area (Å²) in [5.41, 5.74) is 0.154. The highest BCUT2D eigenvalue weighted by Crippen LogP contribution is 2.07. The van der Waals surface area contributed by atoms with Gasteiger partial charge >= 0.3 is 6.09 Å². The molecule has 1 aromatic heterocycles. The zero-order chi connectivity index (χ0) is 15.9. The molecule has 7 heteroatoms. The maximum absolute atomic E-state index is 11.7. The summed E-state index contributed by atoms with van der Waals surface area (Å²) in [5, 5.41) is 5.27. The zero-order valence-corrected chi connectivity index (χ0v) is 14.0. The van der Waals surface area contributed by atoms with Crippen LogP contribution in [-0.4, -0.2) is 35.7 Å². The first-order valence-corrected chi connectivity index (χ1v) is 7.40. The van der Waals surface area contributed by atoms with Gasteiger partial charge in [0.1, 0.15) is 10.2 Å². The van der Waals surface area contributed by atoms with Crippen LogP contribution in [-0.2, 0) is 16.0 Å². The first kappa shape index (κ1) is 17.4. The topological polar surface area (TPSA) is 80.3 Å². The maximum atomic E-state index is 11.7. The van der Waals surface area contributed by atoms with Crippen LogP contribution < -0.4 is 10.6 Å². The number of ether oxygens (including phenoxy) is 1. The summed E-state index contributed by atoms with van der Waals surface area (Å²) in [6, 6.07) is 5.40. The van der Waals surface area contributed by atoms with Crippen LogP contribution >= 0.6 is 15.9 Å². The summed E-state index contributed by atoms with van der Waals surface area (Å²) in [6.45, 7) is 6.02. The number of nitrogens with zero attached hydrogens (tertiary/aromatic N) is 1. The van der Waals surface area contributed by atoms with E-state index in [9.17, 15) is 9.59 Å². The lowest BCUT2D eigenvalue weighted by Crippen LogP contribution is -2.38. The average Bonchev–Trinajstić information content (AvgIpc) is 2.32. The number of amides is 2. The molecule has 0 aliphatic carbocycles. The molecule has 0 bridgehead atoms. The highest BCUT2D eigenvalue weighted by atomic mass is 79.9. The third kappa shape index (κ3) is 8.29. The van der Waals surface area contributed by atoms with E-state index in [1.54, 1.807) is 32.9 Å². The minimum Gasteiger partial charge on any atom is -0.444 e. The number of nitrogens with one attached hydrogen (secondary N) is 2. The standard InChI is InChI=1S/C14H20BrN3O3/c1-14(2,3)21-13(20)17-8-7-16-12(19)9-10-5-4-6-11(15)18-10/h4-6H,7-9H2,1-3H3,(H,16,19)(H,17,20). The van der Waals surface area contributed by atoms with Crippen LogP contribution in [0.3, 0.4) is 0 Å². The molecule has 0 fully saturated rings. The quantitative estimate of drug-likeness (QED) is 0.624. The molecule has 6 nitrogen and oxygen atoms in total. The van der Waals surface area contributed by atoms with Crippen LogP contribution in [0.2, 0.25) is 0 Å². The minimum atomic E-state index is -0.528. The van der Waals surface area contributed by atoms with Crippen molar-refractivity contribution in [2.24, 2.45) is 0 Å². The van der Waals surface area contributed by atoms with E-state index in [0.717, 1.165) is 0 Å². The van der Waals surface area contributed by atoms with Crippen molar-refractivity contribution in [2.45, 2.75) is 32.8 Å². The van der Waals surface area contributed by atoms with E-state index in [4.69, 9.17) is 4.74 Å². The van der Waals surface area contributed by atoms with Crippen molar-refractivity contribution < 1.29 is 14.3 Å². The normalized spacial score (nSPS) is 10.9. The Morgan fingerprint density at radius 3 is 2.52 bits per heavy atom. The maximum Gasteiger partial charge on any atom is 0.407 e. The van der Waals surface area contributed by atoms with Gasteiger partial charge in [0, 0.05) is 13.1 Å². The molecule has 0 saturated heterocycles. The Morgan fingerprint density at radius 1 is 1.24 bits per heavy atom. The summed E-state index contributed by atoms with van der Waals surface area (Å²) in [6.07, 6.45) is -0.295. The number of carbonyl (C=O) groups is 2. The van der Waals surface area contributed by atoms with Gasteiger partial charge in [0.25, 0.3) is 0 Å². The second kappa shape index (κ2) is 7.97. The molecule has 1 heterocycles. The fourth-order valence-electron chi connectivity index (χ4n) is 1.46. The van der Waals surface area contributed by atoms with Gasteiger partial charge in [-0.15, -0.1) is 0 Å². The molecular weight excluding hydrogens is 338 g/mol. The number of pyridine rings is 1. The Labute approximate surface area is 132 Å². The first-order chi connectivity index (χ1) is 9.76. The smallest absolute Gasteiger partial charge is 0.407 e. The molecule has 2 amide bonds. The van der Waals surface area contributed by atoms with Gasteiger partial charge in [-0.2, -0.15) is 0 Å². The lowest BCUT2D eigenvalue weighted by Gasteiger charge is -2.19. The van der Waals surface area contributed by atoms with Gasteiger partial charge in [-0.25, -0.2) is 9.78 Å². The number of alkyl carbamates (subject to hydrolysis) is 1. The summed E-state index contributed by atoms with van der Waals surface area (Å²) in [7, 11) is 0. The van der Waals surface area contributed by atoms with Crippen LogP contribution in [0.15, 0.2) is 22.8 Å². The summed E-state index contributed by atoms with van der Waals surface area (Å²) >= 11 is 3.25. The molecule has 0 aliphatic heterocycles. The predicted octanol–water partition coefficient (Wildman–Crippen LogP) is 2.03. The fourth-order valence-corrected chi connectivity index (χ4v) is 1.84. The summed E-state index contributed by atoms with van der Waals surface area (Å²) < 4.78 is 5.77. The number of aromatic nitrogens is 1. The van der Waals surface area contributed by atoms with E-state index < -0.39 is 11.7 Å². The molecular formula is C14H20BrN3O3. The van der Waals surface area contributed by atoms with Crippen molar-refractivity contribution in [1.82, 2.24) is 15.6 Å². The molecule has 0 aromatic carbocycles. The molecule has 0 atom stereocenters. The number of halogens is 1. The number of hydrogen-bond donors (Lipinski definition) is 2. The third-order valence-electron chi connectivity index (χ3n) is 2.23. The molecule has 0 unspecified atom stereocenters. The Hall–Kier alpha value is -1.63. The molecule has 0 radical (unpaired) electrons. The summed E-state index contributed by atoms with van der Waals surface area (Å²) in [5.74, 6) is -0.147. The molecule has 0 saturated carbocycles. The van der Waals surface area contributed by atoms with Crippen molar-refractivity contribution in [3.63, 3.8) is 0 Å². The highest BCUT2D eigenvalue weighted by molar-refractivity contribution is 9.10. The van der Waals surface area contributed by atoms with Gasteiger partial charge in [0.2, 0.25) is 5.91 Å². The summed E-state index contributed by atoms with van der Waals surface area (Å²) in [4.78, 5) is 27.2. The van der Waals surface area contributed by atoms with E-state index in [1.807, 2.05) is 6.07 Å². The second-order valence-electron chi connectivity index (χ2n) is 5.41. The second-order valence-corrected chi connectivity index (χ2v) is 6.22. The predicted molar refractivity (Wildman–Crippen MR) is 82.9 cm³/mol.